The van der Waals surface area contributed by atoms with Crippen LogP contribution in [0.3, 0.4) is 0 Å². The van der Waals surface area contributed by atoms with E-state index in [4.69, 9.17) is 0 Å². The molecule has 0 radical (unpaired) electrons. The zero-order valence-corrected chi connectivity index (χ0v) is 14.6. The summed E-state index contributed by atoms with van der Waals surface area (Å²) in [5, 5.41) is 8.09. The Hall–Kier alpha value is -0.160. The third kappa shape index (κ3) is 3.91. The van der Waals surface area contributed by atoms with Crippen molar-refractivity contribution in [2.75, 3.05) is 6.54 Å². The van der Waals surface area contributed by atoms with Crippen LogP contribution in [0.25, 0.3) is 0 Å². The monoisotopic (exact) mass is 357 g/mol. The molecule has 1 unspecified atom stereocenters. The second-order valence-electron chi connectivity index (χ2n) is 4.57. The molecule has 4 heteroatoms. The molecular formula is C15H20BrNS2. The Morgan fingerprint density at radius 1 is 1.21 bits per heavy atom. The Bertz CT molecular complexity index is 504. The maximum Gasteiger partial charge on any atom is 0.0466 e. The van der Waals surface area contributed by atoms with Gasteiger partial charge in [-0.25, -0.2) is 0 Å². The normalized spacial score (nSPS) is 12.8. The minimum atomic E-state index is 0.449. The van der Waals surface area contributed by atoms with Crippen LogP contribution < -0.4 is 5.32 Å². The van der Waals surface area contributed by atoms with E-state index in [-0.39, 0.29) is 0 Å². The summed E-state index contributed by atoms with van der Waals surface area (Å²) in [5.74, 6) is 0. The second kappa shape index (κ2) is 7.58. The molecule has 2 rings (SSSR count). The van der Waals surface area contributed by atoms with Crippen molar-refractivity contribution in [3.8, 4) is 0 Å². The SMILES string of the molecule is CCCNC(Cc1sccc1Br)c1sccc1CC. The lowest BCUT2D eigenvalue weighted by Crippen LogP contribution is -2.24. The maximum absolute atomic E-state index is 3.71. The van der Waals surface area contributed by atoms with Crippen molar-refractivity contribution in [2.45, 2.75) is 39.2 Å². The van der Waals surface area contributed by atoms with Gasteiger partial charge >= 0.3 is 0 Å². The van der Waals surface area contributed by atoms with Gasteiger partial charge in [-0.2, -0.15) is 0 Å². The largest absolute Gasteiger partial charge is 0.309 e. The number of thiophene rings is 2. The second-order valence-corrected chi connectivity index (χ2v) is 7.37. The average Bonchev–Trinajstić information content (AvgIpc) is 3.03. The predicted molar refractivity (Wildman–Crippen MR) is 90.5 cm³/mol. The Morgan fingerprint density at radius 2 is 2.00 bits per heavy atom. The van der Waals surface area contributed by atoms with Crippen LogP contribution in [-0.4, -0.2) is 6.54 Å². The van der Waals surface area contributed by atoms with Crippen molar-refractivity contribution in [1.29, 1.82) is 0 Å². The van der Waals surface area contributed by atoms with Gasteiger partial charge in [0.2, 0.25) is 0 Å². The van der Waals surface area contributed by atoms with E-state index in [0.717, 1.165) is 19.4 Å². The van der Waals surface area contributed by atoms with Gasteiger partial charge in [0, 0.05) is 26.7 Å². The van der Waals surface area contributed by atoms with Crippen LogP contribution in [-0.2, 0) is 12.8 Å². The van der Waals surface area contributed by atoms with Crippen molar-refractivity contribution < 1.29 is 0 Å². The lowest BCUT2D eigenvalue weighted by Gasteiger charge is -2.18. The number of aryl methyl sites for hydroxylation is 1. The highest BCUT2D eigenvalue weighted by Crippen LogP contribution is 2.32. The molecule has 0 spiro atoms. The van der Waals surface area contributed by atoms with Gasteiger partial charge in [0.05, 0.1) is 0 Å². The fourth-order valence-corrected chi connectivity index (χ4v) is 4.81. The minimum Gasteiger partial charge on any atom is -0.309 e. The summed E-state index contributed by atoms with van der Waals surface area (Å²) >= 11 is 7.37. The molecule has 0 saturated carbocycles. The molecule has 19 heavy (non-hydrogen) atoms. The van der Waals surface area contributed by atoms with Gasteiger partial charge in [-0.05, 0) is 63.8 Å². The average molecular weight is 358 g/mol. The van der Waals surface area contributed by atoms with Crippen LogP contribution in [0.15, 0.2) is 27.4 Å². The summed E-state index contributed by atoms with van der Waals surface area (Å²) in [6.45, 7) is 5.54. The molecule has 0 aliphatic rings. The minimum absolute atomic E-state index is 0.449. The first-order valence-electron chi connectivity index (χ1n) is 6.77. The molecule has 1 N–H and O–H groups in total. The van der Waals surface area contributed by atoms with Gasteiger partial charge < -0.3 is 5.32 Å². The van der Waals surface area contributed by atoms with Crippen molar-refractivity contribution >= 4 is 38.6 Å². The summed E-state index contributed by atoms with van der Waals surface area (Å²) in [7, 11) is 0. The quantitative estimate of drug-likeness (QED) is 0.697. The Kier molecular flexibility index (Phi) is 6.07. The molecule has 0 fully saturated rings. The summed E-state index contributed by atoms with van der Waals surface area (Å²) in [6.07, 6.45) is 3.37. The first kappa shape index (κ1) is 15.2. The summed E-state index contributed by atoms with van der Waals surface area (Å²) in [5.41, 5.74) is 1.49. The Morgan fingerprint density at radius 3 is 2.63 bits per heavy atom. The molecule has 0 aromatic carbocycles. The highest BCUT2D eigenvalue weighted by molar-refractivity contribution is 9.10. The molecule has 0 aliphatic heterocycles. The molecule has 0 amide bonds. The van der Waals surface area contributed by atoms with E-state index in [9.17, 15) is 0 Å². The fourth-order valence-electron chi connectivity index (χ4n) is 2.18. The summed E-state index contributed by atoms with van der Waals surface area (Å²) < 4.78 is 1.25. The van der Waals surface area contributed by atoms with E-state index in [1.54, 1.807) is 0 Å². The Balaban J connectivity index is 2.18. The zero-order chi connectivity index (χ0) is 13.7. The molecule has 2 aromatic rings. The first-order valence-corrected chi connectivity index (χ1v) is 9.33. The predicted octanol–water partition coefficient (Wildman–Crippen LogP) is 5.42. The van der Waals surface area contributed by atoms with Gasteiger partial charge in [-0.3, -0.25) is 0 Å². The van der Waals surface area contributed by atoms with Gasteiger partial charge in [0.25, 0.3) is 0 Å². The van der Waals surface area contributed by atoms with Crippen molar-refractivity contribution in [3.05, 3.63) is 42.7 Å². The third-order valence-electron chi connectivity index (χ3n) is 3.20. The lowest BCUT2D eigenvalue weighted by atomic mass is 10.1. The van der Waals surface area contributed by atoms with Gasteiger partial charge in [-0.1, -0.05) is 13.8 Å². The smallest absolute Gasteiger partial charge is 0.0466 e. The number of hydrogen-bond acceptors (Lipinski definition) is 3. The van der Waals surface area contributed by atoms with Gasteiger partial charge in [0.1, 0.15) is 0 Å². The molecule has 0 saturated heterocycles. The highest BCUT2D eigenvalue weighted by Gasteiger charge is 2.18. The molecule has 1 nitrogen and oxygen atoms in total. The number of nitrogens with one attached hydrogen (secondary N) is 1. The highest BCUT2D eigenvalue weighted by atomic mass is 79.9. The van der Waals surface area contributed by atoms with E-state index >= 15 is 0 Å². The molecule has 0 aliphatic carbocycles. The first-order chi connectivity index (χ1) is 9.26. The number of hydrogen-bond donors (Lipinski definition) is 1. The number of rotatable bonds is 7. The van der Waals surface area contributed by atoms with Crippen LogP contribution in [0.4, 0.5) is 0 Å². The van der Waals surface area contributed by atoms with Crippen LogP contribution >= 0.6 is 38.6 Å². The van der Waals surface area contributed by atoms with E-state index < -0.39 is 0 Å². The van der Waals surface area contributed by atoms with Gasteiger partial charge in [-0.15, -0.1) is 22.7 Å². The van der Waals surface area contributed by atoms with Crippen LogP contribution in [0.2, 0.25) is 0 Å². The van der Waals surface area contributed by atoms with Crippen molar-refractivity contribution in [2.24, 2.45) is 0 Å². The van der Waals surface area contributed by atoms with Crippen LogP contribution in [0.1, 0.15) is 41.6 Å². The van der Waals surface area contributed by atoms with Gasteiger partial charge in [0.15, 0.2) is 0 Å². The lowest BCUT2D eigenvalue weighted by molar-refractivity contribution is 0.536. The summed E-state index contributed by atoms with van der Waals surface area (Å²) in [6, 6.07) is 4.86. The molecule has 2 aromatic heterocycles. The molecule has 0 bridgehead atoms. The summed E-state index contributed by atoms with van der Waals surface area (Å²) in [4.78, 5) is 2.94. The third-order valence-corrected chi connectivity index (χ3v) is 6.22. The van der Waals surface area contributed by atoms with E-state index in [2.05, 4.69) is 58.0 Å². The van der Waals surface area contributed by atoms with Crippen LogP contribution in [0, 0.1) is 0 Å². The fraction of sp³-hybridized carbons (Fsp3) is 0.467. The number of halogens is 1. The molecule has 1 atom stereocenters. The standard InChI is InChI=1S/C15H20BrNS2/c1-3-7-17-13(10-14-12(16)6-9-18-14)15-11(4-2)5-8-19-15/h5-6,8-9,13,17H,3-4,7,10H2,1-2H3. The Labute approximate surface area is 132 Å². The van der Waals surface area contributed by atoms with Crippen molar-refractivity contribution in [1.82, 2.24) is 5.32 Å². The topological polar surface area (TPSA) is 12.0 Å². The molecule has 104 valence electrons. The van der Waals surface area contributed by atoms with E-state index in [0.29, 0.717) is 6.04 Å². The van der Waals surface area contributed by atoms with Crippen LogP contribution in [0.5, 0.6) is 0 Å². The van der Waals surface area contributed by atoms with E-state index in [1.165, 1.54) is 26.2 Å². The maximum atomic E-state index is 3.71. The zero-order valence-electron chi connectivity index (χ0n) is 11.4. The van der Waals surface area contributed by atoms with Crippen molar-refractivity contribution in [3.63, 3.8) is 0 Å². The molecular weight excluding hydrogens is 338 g/mol. The molecule has 2 heterocycles. The van der Waals surface area contributed by atoms with E-state index in [1.807, 2.05) is 22.7 Å².